The predicted octanol–water partition coefficient (Wildman–Crippen LogP) is 4.64. The number of allylic oxidation sites excluding steroid dienone is 1. The minimum absolute atomic E-state index is 1.07. The number of hydrogen-bond donors (Lipinski definition) is 1. The molecule has 102 valence electrons. The molecule has 0 spiro atoms. The molecule has 0 aromatic heterocycles. The van der Waals surface area contributed by atoms with Gasteiger partial charge in [0.15, 0.2) is 0 Å². The van der Waals surface area contributed by atoms with E-state index in [9.17, 15) is 0 Å². The highest BCUT2D eigenvalue weighted by atomic mass is 14.8. The van der Waals surface area contributed by atoms with Crippen molar-refractivity contribution in [2.75, 3.05) is 7.05 Å². The average molecular weight is 263 g/mol. The molecule has 0 aliphatic rings. The summed E-state index contributed by atoms with van der Waals surface area (Å²) in [7, 11) is 1.92. The van der Waals surface area contributed by atoms with Crippen molar-refractivity contribution in [3.63, 3.8) is 0 Å². The third kappa shape index (κ3) is 2.83. The minimum Gasteiger partial charge on any atom is -0.394 e. The molecule has 1 N–H and O–H groups in total. The summed E-state index contributed by atoms with van der Waals surface area (Å²) in [4.78, 5) is 0. The SMILES string of the molecule is C=C(c1ccccc1C)c1ccccc1/C(C)=C\NC. The summed E-state index contributed by atoms with van der Waals surface area (Å²) in [5, 5.41) is 3.09. The van der Waals surface area contributed by atoms with Gasteiger partial charge in [-0.05, 0) is 53.4 Å². The highest BCUT2D eigenvalue weighted by Crippen LogP contribution is 2.30. The molecule has 0 amide bonds. The van der Waals surface area contributed by atoms with Gasteiger partial charge in [-0.3, -0.25) is 0 Å². The van der Waals surface area contributed by atoms with E-state index < -0.39 is 0 Å². The molecule has 0 aliphatic heterocycles. The summed E-state index contributed by atoms with van der Waals surface area (Å²) in [6.07, 6.45) is 2.02. The Labute approximate surface area is 121 Å². The molecular weight excluding hydrogens is 242 g/mol. The Hall–Kier alpha value is -2.28. The Bertz CT molecular complexity index is 650. The first-order valence-corrected chi connectivity index (χ1v) is 6.84. The van der Waals surface area contributed by atoms with Crippen LogP contribution < -0.4 is 5.32 Å². The van der Waals surface area contributed by atoms with E-state index in [4.69, 9.17) is 0 Å². The van der Waals surface area contributed by atoms with Crippen LogP contribution >= 0.6 is 0 Å². The van der Waals surface area contributed by atoms with E-state index >= 15 is 0 Å². The third-order valence-electron chi connectivity index (χ3n) is 3.51. The molecule has 0 aliphatic carbocycles. The van der Waals surface area contributed by atoms with Gasteiger partial charge in [-0.1, -0.05) is 55.1 Å². The van der Waals surface area contributed by atoms with Crippen molar-refractivity contribution in [1.82, 2.24) is 5.32 Å². The Balaban J connectivity index is 2.51. The molecular formula is C19H21N. The zero-order chi connectivity index (χ0) is 14.5. The van der Waals surface area contributed by atoms with E-state index in [1.165, 1.54) is 27.8 Å². The van der Waals surface area contributed by atoms with Crippen molar-refractivity contribution in [3.8, 4) is 0 Å². The summed E-state index contributed by atoms with van der Waals surface area (Å²) < 4.78 is 0. The maximum absolute atomic E-state index is 4.31. The molecule has 0 radical (unpaired) electrons. The standard InChI is InChI=1S/C19H21N/c1-14-9-5-6-10-17(14)16(3)19-12-8-7-11-18(19)15(2)13-20-4/h5-13,20H,3H2,1-2,4H3/b15-13-. The van der Waals surface area contributed by atoms with E-state index in [1.807, 2.05) is 13.2 Å². The summed E-state index contributed by atoms with van der Waals surface area (Å²) in [5.74, 6) is 0. The van der Waals surface area contributed by atoms with Gasteiger partial charge in [-0.2, -0.15) is 0 Å². The molecule has 2 aromatic rings. The lowest BCUT2D eigenvalue weighted by molar-refractivity contribution is 1.10. The first-order chi connectivity index (χ1) is 9.65. The lowest BCUT2D eigenvalue weighted by Crippen LogP contribution is -1.98. The van der Waals surface area contributed by atoms with Gasteiger partial charge < -0.3 is 5.32 Å². The van der Waals surface area contributed by atoms with Crippen LogP contribution in [0, 0.1) is 6.92 Å². The summed E-state index contributed by atoms with van der Waals surface area (Å²) in [6.45, 7) is 8.55. The third-order valence-corrected chi connectivity index (χ3v) is 3.51. The van der Waals surface area contributed by atoms with Crippen LogP contribution in [-0.4, -0.2) is 7.05 Å². The number of nitrogens with one attached hydrogen (secondary N) is 1. The van der Waals surface area contributed by atoms with E-state index in [0.29, 0.717) is 0 Å². The maximum Gasteiger partial charge on any atom is 0.00278 e. The highest BCUT2D eigenvalue weighted by Gasteiger charge is 2.10. The van der Waals surface area contributed by atoms with Gasteiger partial charge in [0.25, 0.3) is 0 Å². The van der Waals surface area contributed by atoms with E-state index in [2.05, 4.69) is 74.3 Å². The molecule has 0 saturated carbocycles. The zero-order valence-corrected chi connectivity index (χ0v) is 12.4. The monoisotopic (exact) mass is 263 g/mol. The van der Waals surface area contributed by atoms with Crippen LogP contribution in [0.1, 0.15) is 29.2 Å². The first-order valence-electron chi connectivity index (χ1n) is 6.84. The number of hydrogen-bond acceptors (Lipinski definition) is 1. The molecule has 1 nitrogen and oxygen atoms in total. The van der Waals surface area contributed by atoms with Crippen molar-refractivity contribution < 1.29 is 0 Å². The zero-order valence-electron chi connectivity index (χ0n) is 12.4. The van der Waals surface area contributed by atoms with Crippen LogP contribution in [0.4, 0.5) is 0 Å². The van der Waals surface area contributed by atoms with Crippen LogP contribution in [0.2, 0.25) is 0 Å². The second kappa shape index (κ2) is 6.25. The number of benzene rings is 2. The summed E-state index contributed by atoms with van der Waals surface area (Å²) >= 11 is 0. The fraction of sp³-hybridized carbons (Fsp3) is 0.158. The molecule has 1 heteroatoms. The van der Waals surface area contributed by atoms with Gasteiger partial charge in [0.05, 0.1) is 0 Å². The molecule has 0 bridgehead atoms. The van der Waals surface area contributed by atoms with Crippen LogP contribution in [0.3, 0.4) is 0 Å². The summed E-state index contributed by atoms with van der Waals surface area (Å²) in [5.41, 5.74) is 7.14. The Morgan fingerprint density at radius 2 is 1.50 bits per heavy atom. The maximum atomic E-state index is 4.31. The quantitative estimate of drug-likeness (QED) is 0.847. The molecule has 2 aromatic carbocycles. The highest BCUT2D eigenvalue weighted by molar-refractivity contribution is 5.86. The van der Waals surface area contributed by atoms with Crippen molar-refractivity contribution in [2.45, 2.75) is 13.8 Å². The van der Waals surface area contributed by atoms with Crippen LogP contribution in [0.5, 0.6) is 0 Å². The van der Waals surface area contributed by atoms with Gasteiger partial charge in [0.1, 0.15) is 0 Å². The van der Waals surface area contributed by atoms with E-state index in [-0.39, 0.29) is 0 Å². The van der Waals surface area contributed by atoms with Crippen molar-refractivity contribution in [2.24, 2.45) is 0 Å². The smallest absolute Gasteiger partial charge is 0.00278 e. The second-order valence-electron chi connectivity index (χ2n) is 4.96. The van der Waals surface area contributed by atoms with E-state index in [1.54, 1.807) is 0 Å². The minimum atomic E-state index is 1.07. The molecule has 20 heavy (non-hydrogen) atoms. The average Bonchev–Trinajstić information content (AvgIpc) is 2.47. The fourth-order valence-electron chi connectivity index (χ4n) is 2.44. The molecule has 0 saturated heterocycles. The molecule has 0 fully saturated rings. The van der Waals surface area contributed by atoms with Crippen LogP contribution in [0.15, 0.2) is 61.3 Å². The lowest BCUT2D eigenvalue weighted by Gasteiger charge is -2.14. The molecule has 0 heterocycles. The normalized spacial score (nSPS) is 11.2. The number of aryl methyl sites for hydroxylation is 1. The predicted molar refractivity (Wildman–Crippen MR) is 88.5 cm³/mol. The largest absolute Gasteiger partial charge is 0.394 e. The van der Waals surface area contributed by atoms with Crippen molar-refractivity contribution >= 4 is 11.1 Å². The summed E-state index contributed by atoms with van der Waals surface area (Å²) in [6, 6.07) is 16.8. The Morgan fingerprint density at radius 1 is 0.950 bits per heavy atom. The van der Waals surface area contributed by atoms with Crippen molar-refractivity contribution in [3.05, 3.63) is 83.6 Å². The van der Waals surface area contributed by atoms with Crippen LogP contribution in [0.25, 0.3) is 11.1 Å². The molecule has 0 unspecified atom stereocenters. The lowest BCUT2D eigenvalue weighted by atomic mass is 9.90. The van der Waals surface area contributed by atoms with Crippen molar-refractivity contribution in [1.29, 1.82) is 0 Å². The van der Waals surface area contributed by atoms with Gasteiger partial charge in [-0.15, -0.1) is 0 Å². The number of rotatable bonds is 4. The van der Waals surface area contributed by atoms with Gasteiger partial charge in [-0.25, -0.2) is 0 Å². The topological polar surface area (TPSA) is 12.0 Å². The Morgan fingerprint density at radius 3 is 2.10 bits per heavy atom. The first kappa shape index (κ1) is 14.1. The van der Waals surface area contributed by atoms with Gasteiger partial charge >= 0.3 is 0 Å². The van der Waals surface area contributed by atoms with Gasteiger partial charge in [0, 0.05) is 7.05 Å². The van der Waals surface area contributed by atoms with Gasteiger partial charge in [0.2, 0.25) is 0 Å². The van der Waals surface area contributed by atoms with E-state index in [0.717, 1.165) is 5.57 Å². The fourth-order valence-corrected chi connectivity index (χ4v) is 2.44. The molecule has 0 atom stereocenters. The van der Waals surface area contributed by atoms with Crippen LogP contribution in [-0.2, 0) is 0 Å². The Kier molecular flexibility index (Phi) is 4.41. The second-order valence-corrected chi connectivity index (χ2v) is 4.96. The molecule has 2 rings (SSSR count).